The molecule has 0 saturated carbocycles. The molecule has 0 saturated heterocycles. The van der Waals surface area contributed by atoms with Gasteiger partial charge in [0.2, 0.25) is 0 Å². The Hall–Kier alpha value is -8.32. The van der Waals surface area contributed by atoms with Crippen LogP contribution in [0.2, 0.25) is 0 Å². The summed E-state index contributed by atoms with van der Waals surface area (Å²) < 4.78 is 8.83. The van der Waals surface area contributed by atoms with Crippen molar-refractivity contribution in [3.63, 3.8) is 0 Å². The molecule has 0 unspecified atom stereocenters. The SMILES string of the molecule is c1ccc(-c2nc(-c3ccc(-c4cccc5c4oc4ccccc45)cc3)nc(-c3cccc(-c4cccc5c4nc(-c4cccc6ccccc46)c4sc6ccccc6c45)c3)n2)cc1. The fourth-order valence-electron chi connectivity index (χ4n) is 9.30. The van der Waals surface area contributed by atoms with Crippen LogP contribution in [0.4, 0.5) is 0 Å². The number of rotatable bonds is 6. The van der Waals surface area contributed by atoms with E-state index in [1.54, 1.807) is 0 Å². The van der Waals surface area contributed by atoms with Gasteiger partial charge in [0.05, 0.1) is 15.9 Å². The minimum absolute atomic E-state index is 0.595. The Kier molecular flexibility index (Phi) is 8.32. The van der Waals surface area contributed by atoms with Gasteiger partial charge in [0, 0.05) is 65.0 Å². The fraction of sp³-hybridized carbons (Fsp3) is 0. The molecular formula is C58H34N4OS. The van der Waals surface area contributed by atoms with Crippen LogP contribution in [-0.4, -0.2) is 19.9 Å². The molecule has 13 rings (SSSR count). The van der Waals surface area contributed by atoms with E-state index >= 15 is 0 Å². The second kappa shape index (κ2) is 14.7. The first kappa shape index (κ1) is 36.3. The van der Waals surface area contributed by atoms with Crippen LogP contribution in [0.15, 0.2) is 211 Å². The summed E-state index contributed by atoms with van der Waals surface area (Å²) in [5, 5.41) is 8.21. The summed E-state index contributed by atoms with van der Waals surface area (Å²) in [5.74, 6) is 1.80. The van der Waals surface area contributed by atoms with Gasteiger partial charge >= 0.3 is 0 Å². The van der Waals surface area contributed by atoms with Crippen LogP contribution in [0, 0.1) is 0 Å². The summed E-state index contributed by atoms with van der Waals surface area (Å²) >= 11 is 1.82. The Labute approximate surface area is 371 Å². The van der Waals surface area contributed by atoms with Crippen molar-refractivity contribution in [3.8, 4) is 67.7 Å². The Morgan fingerprint density at radius 1 is 0.359 bits per heavy atom. The molecule has 0 aliphatic carbocycles. The Balaban J connectivity index is 0.958. The van der Waals surface area contributed by atoms with Gasteiger partial charge in [-0.2, -0.15) is 0 Å². The highest BCUT2D eigenvalue weighted by molar-refractivity contribution is 7.26. The van der Waals surface area contributed by atoms with Crippen LogP contribution >= 0.6 is 11.3 Å². The highest BCUT2D eigenvalue weighted by atomic mass is 32.1. The second-order valence-electron chi connectivity index (χ2n) is 16.1. The van der Waals surface area contributed by atoms with E-state index in [1.165, 1.54) is 30.9 Å². The van der Waals surface area contributed by atoms with Crippen molar-refractivity contribution in [3.05, 3.63) is 206 Å². The van der Waals surface area contributed by atoms with Gasteiger partial charge in [-0.25, -0.2) is 19.9 Å². The number of hydrogen-bond acceptors (Lipinski definition) is 6. The number of fused-ring (bicyclic) bond motifs is 9. The Morgan fingerprint density at radius 2 is 0.922 bits per heavy atom. The third-order valence-corrected chi connectivity index (χ3v) is 13.5. The molecule has 0 aliphatic heterocycles. The lowest BCUT2D eigenvalue weighted by Gasteiger charge is -2.14. The van der Waals surface area contributed by atoms with E-state index in [0.29, 0.717) is 17.5 Å². The molecule has 64 heavy (non-hydrogen) atoms. The standard InChI is InChI=1S/C58H34N4OS/c1-2-15-37(16-3-1)56-60-57(38-32-30-36(31-33-38)43-24-13-26-46-44-21-6-8-28-49(44)63-54(43)46)62-58(61-56)40-19-10-18-39(34-40)42-23-12-27-48-51-47-22-7-9-29-50(47)64-55(51)53(59-52(42)48)45-25-11-17-35-14-4-5-20-41(35)45/h1-34H. The first-order valence-corrected chi connectivity index (χ1v) is 22.2. The average Bonchev–Trinajstić information content (AvgIpc) is 3.96. The number of thiophene rings is 1. The van der Waals surface area contributed by atoms with Gasteiger partial charge in [-0.1, -0.05) is 188 Å². The molecule has 0 atom stereocenters. The first-order chi connectivity index (χ1) is 31.7. The molecule has 9 aromatic carbocycles. The lowest BCUT2D eigenvalue weighted by atomic mass is 9.95. The summed E-state index contributed by atoms with van der Waals surface area (Å²) in [5.41, 5.74) is 11.7. The zero-order chi connectivity index (χ0) is 42.1. The molecule has 5 nitrogen and oxygen atoms in total. The van der Waals surface area contributed by atoms with Gasteiger partial charge in [0.25, 0.3) is 0 Å². The van der Waals surface area contributed by atoms with Gasteiger partial charge in [-0.15, -0.1) is 11.3 Å². The number of nitrogens with zero attached hydrogens (tertiary/aromatic N) is 4. The molecule has 0 radical (unpaired) electrons. The van der Waals surface area contributed by atoms with Crippen molar-refractivity contribution in [1.82, 2.24) is 19.9 Å². The minimum Gasteiger partial charge on any atom is -0.455 e. The zero-order valence-corrected chi connectivity index (χ0v) is 35.1. The lowest BCUT2D eigenvalue weighted by Crippen LogP contribution is -2.00. The second-order valence-corrected chi connectivity index (χ2v) is 17.2. The molecule has 0 N–H and O–H groups in total. The smallest absolute Gasteiger partial charge is 0.164 e. The van der Waals surface area contributed by atoms with Crippen molar-refractivity contribution in [2.45, 2.75) is 0 Å². The molecule has 0 bridgehead atoms. The maximum Gasteiger partial charge on any atom is 0.164 e. The van der Waals surface area contributed by atoms with E-state index in [9.17, 15) is 0 Å². The number of para-hydroxylation sites is 3. The molecule has 0 fully saturated rings. The van der Waals surface area contributed by atoms with Gasteiger partial charge < -0.3 is 4.42 Å². The van der Waals surface area contributed by atoms with E-state index in [-0.39, 0.29) is 0 Å². The van der Waals surface area contributed by atoms with Crippen LogP contribution in [0.1, 0.15) is 0 Å². The zero-order valence-electron chi connectivity index (χ0n) is 34.2. The van der Waals surface area contributed by atoms with Crippen molar-refractivity contribution < 1.29 is 4.42 Å². The third-order valence-electron chi connectivity index (χ3n) is 12.3. The quantitative estimate of drug-likeness (QED) is 0.167. The molecule has 13 aromatic rings. The van der Waals surface area contributed by atoms with Gasteiger partial charge in [0.1, 0.15) is 11.2 Å². The average molecular weight is 835 g/mol. The first-order valence-electron chi connectivity index (χ1n) is 21.4. The highest BCUT2D eigenvalue weighted by Gasteiger charge is 2.21. The van der Waals surface area contributed by atoms with Crippen LogP contribution in [0.5, 0.6) is 0 Å². The van der Waals surface area contributed by atoms with E-state index in [4.69, 9.17) is 24.4 Å². The predicted molar refractivity (Wildman–Crippen MR) is 265 cm³/mol. The maximum absolute atomic E-state index is 6.38. The normalized spacial score (nSPS) is 11.8. The van der Waals surface area contributed by atoms with Crippen LogP contribution in [0.25, 0.3) is 131 Å². The number of pyridine rings is 1. The van der Waals surface area contributed by atoms with Crippen molar-refractivity contribution in [2.24, 2.45) is 0 Å². The van der Waals surface area contributed by atoms with Crippen LogP contribution in [-0.2, 0) is 0 Å². The monoisotopic (exact) mass is 834 g/mol. The Bertz CT molecular complexity index is 3960. The van der Waals surface area contributed by atoms with Crippen LogP contribution in [0.3, 0.4) is 0 Å². The van der Waals surface area contributed by atoms with Gasteiger partial charge in [0.15, 0.2) is 17.5 Å². The molecule has 0 spiro atoms. The minimum atomic E-state index is 0.595. The van der Waals surface area contributed by atoms with E-state index < -0.39 is 0 Å². The van der Waals surface area contributed by atoms with E-state index in [0.717, 1.165) is 83.0 Å². The summed E-state index contributed by atoms with van der Waals surface area (Å²) in [6.45, 7) is 0. The summed E-state index contributed by atoms with van der Waals surface area (Å²) in [7, 11) is 0. The van der Waals surface area contributed by atoms with E-state index in [2.05, 4.69) is 164 Å². The van der Waals surface area contributed by atoms with Crippen molar-refractivity contribution in [1.29, 1.82) is 0 Å². The molecule has 298 valence electrons. The summed E-state index contributed by atoms with van der Waals surface area (Å²) in [6, 6.07) is 72.0. The molecule has 4 aromatic heterocycles. The maximum atomic E-state index is 6.38. The van der Waals surface area contributed by atoms with Crippen molar-refractivity contribution in [2.75, 3.05) is 0 Å². The molecule has 0 amide bonds. The highest BCUT2D eigenvalue weighted by Crippen LogP contribution is 2.46. The van der Waals surface area contributed by atoms with Crippen LogP contribution < -0.4 is 0 Å². The number of hydrogen-bond donors (Lipinski definition) is 0. The Morgan fingerprint density at radius 3 is 1.77 bits per heavy atom. The van der Waals surface area contributed by atoms with Gasteiger partial charge in [-0.05, 0) is 40.1 Å². The van der Waals surface area contributed by atoms with Gasteiger partial charge in [-0.3, -0.25) is 0 Å². The summed E-state index contributed by atoms with van der Waals surface area (Å²) in [6.07, 6.45) is 0. The number of benzene rings is 9. The topological polar surface area (TPSA) is 64.7 Å². The predicted octanol–water partition coefficient (Wildman–Crippen LogP) is 15.8. The van der Waals surface area contributed by atoms with E-state index in [1.807, 2.05) is 53.8 Å². The molecular weight excluding hydrogens is 801 g/mol. The fourth-order valence-corrected chi connectivity index (χ4v) is 10.5. The summed E-state index contributed by atoms with van der Waals surface area (Å²) in [4.78, 5) is 21.0. The largest absolute Gasteiger partial charge is 0.455 e. The number of aromatic nitrogens is 4. The number of furan rings is 1. The lowest BCUT2D eigenvalue weighted by molar-refractivity contribution is 0.670. The molecule has 4 heterocycles. The molecule has 6 heteroatoms. The third kappa shape index (κ3) is 5.92. The van der Waals surface area contributed by atoms with Crippen molar-refractivity contribution >= 4 is 75.1 Å². The molecule has 0 aliphatic rings.